The van der Waals surface area contributed by atoms with Crippen molar-refractivity contribution in [3.05, 3.63) is 194 Å². The smallest absolute Gasteiger partial charge is 0.160 e. The third kappa shape index (κ3) is 5.63. The molecule has 9 rings (SSSR count). The van der Waals surface area contributed by atoms with Crippen molar-refractivity contribution < 1.29 is 0 Å². The molecule has 2 heteroatoms. The van der Waals surface area contributed by atoms with Crippen molar-refractivity contribution in [2.45, 2.75) is 0 Å². The molecule has 0 fully saturated rings. The van der Waals surface area contributed by atoms with Gasteiger partial charge >= 0.3 is 0 Å². The molecule has 0 unspecified atom stereocenters. The van der Waals surface area contributed by atoms with Gasteiger partial charge in [0, 0.05) is 16.7 Å². The van der Waals surface area contributed by atoms with E-state index in [9.17, 15) is 0 Å². The van der Waals surface area contributed by atoms with Gasteiger partial charge in [0.2, 0.25) is 0 Å². The summed E-state index contributed by atoms with van der Waals surface area (Å²) < 4.78 is 0. The number of hydrogen-bond acceptors (Lipinski definition) is 2. The minimum atomic E-state index is 0.702. The summed E-state index contributed by atoms with van der Waals surface area (Å²) in [5.41, 5.74) is 12.0. The van der Waals surface area contributed by atoms with Gasteiger partial charge in [0.25, 0.3) is 0 Å². The predicted molar refractivity (Wildman–Crippen MR) is 210 cm³/mol. The van der Waals surface area contributed by atoms with Crippen LogP contribution in [-0.2, 0) is 0 Å². The maximum absolute atomic E-state index is 5.14. The van der Waals surface area contributed by atoms with E-state index in [1.807, 2.05) is 6.07 Å². The van der Waals surface area contributed by atoms with Crippen LogP contribution in [0.5, 0.6) is 0 Å². The minimum Gasteiger partial charge on any atom is -0.228 e. The first kappa shape index (κ1) is 29.5. The van der Waals surface area contributed by atoms with Crippen LogP contribution in [0.2, 0.25) is 0 Å². The van der Waals surface area contributed by atoms with Gasteiger partial charge in [0.05, 0.1) is 11.4 Å². The van der Waals surface area contributed by atoms with Gasteiger partial charge in [-0.3, -0.25) is 0 Å². The Balaban J connectivity index is 1.12. The average molecular weight is 637 g/mol. The van der Waals surface area contributed by atoms with E-state index in [4.69, 9.17) is 9.97 Å². The second-order valence-corrected chi connectivity index (χ2v) is 12.6. The van der Waals surface area contributed by atoms with E-state index in [2.05, 4.69) is 188 Å². The highest BCUT2D eigenvalue weighted by Crippen LogP contribution is 2.34. The van der Waals surface area contributed by atoms with Gasteiger partial charge in [-0.2, -0.15) is 0 Å². The molecule has 0 spiro atoms. The Labute approximate surface area is 292 Å². The summed E-state index contributed by atoms with van der Waals surface area (Å²) in [5, 5.41) is 4.98. The lowest BCUT2D eigenvalue weighted by Crippen LogP contribution is -1.96. The quantitative estimate of drug-likeness (QED) is 0.181. The zero-order valence-electron chi connectivity index (χ0n) is 27.4. The average Bonchev–Trinajstić information content (AvgIpc) is 3.21. The Kier molecular flexibility index (Phi) is 7.53. The molecule has 0 saturated heterocycles. The maximum atomic E-state index is 5.14. The fourth-order valence-electron chi connectivity index (χ4n) is 6.91. The number of rotatable bonds is 6. The fraction of sp³-hybridized carbons (Fsp3) is 0. The minimum absolute atomic E-state index is 0.702. The molecule has 0 aliphatic rings. The number of benzene rings is 8. The van der Waals surface area contributed by atoms with Gasteiger partial charge in [-0.15, -0.1) is 0 Å². The molecule has 9 aromatic rings. The van der Waals surface area contributed by atoms with Gasteiger partial charge in [-0.05, 0) is 61.0 Å². The van der Waals surface area contributed by atoms with Crippen LogP contribution in [0.3, 0.4) is 0 Å². The Morgan fingerprint density at radius 2 is 0.640 bits per heavy atom. The summed E-state index contributed by atoms with van der Waals surface area (Å²) in [6.07, 6.45) is 0. The van der Waals surface area contributed by atoms with E-state index in [0.717, 1.165) is 28.1 Å². The van der Waals surface area contributed by atoms with Crippen LogP contribution in [0.1, 0.15) is 0 Å². The standard InChI is InChI=1S/C48H32N2/c1-2-10-33(11-3-1)34-20-30-41(31-21-34)48-49-46(39-26-22-37(23-27-39)44-18-8-14-35-12-4-6-16-42(35)44)32-47(50-48)40-28-24-38(25-29-40)45-19-9-15-36-13-5-7-17-43(36)45/h1-32H. The Morgan fingerprint density at radius 3 is 1.16 bits per heavy atom. The first-order chi connectivity index (χ1) is 24.8. The second kappa shape index (κ2) is 12.8. The molecule has 8 aromatic carbocycles. The van der Waals surface area contributed by atoms with Crippen molar-refractivity contribution in [1.29, 1.82) is 0 Å². The molecule has 0 saturated carbocycles. The third-order valence-corrected chi connectivity index (χ3v) is 9.54. The highest BCUT2D eigenvalue weighted by atomic mass is 14.9. The predicted octanol–water partition coefficient (Wildman–Crippen LogP) is 12.8. The van der Waals surface area contributed by atoms with Crippen molar-refractivity contribution in [3.63, 3.8) is 0 Å². The zero-order valence-corrected chi connectivity index (χ0v) is 27.4. The fourth-order valence-corrected chi connectivity index (χ4v) is 6.91. The molecule has 0 amide bonds. The van der Waals surface area contributed by atoms with E-state index >= 15 is 0 Å². The Hall–Kier alpha value is -6.64. The monoisotopic (exact) mass is 636 g/mol. The van der Waals surface area contributed by atoms with Crippen molar-refractivity contribution in [2.75, 3.05) is 0 Å². The summed E-state index contributed by atoms with van der Waals surface area (Å²) >= 11 is 0. The third-order valence-electron chi connectivity index (χ3n) is 9.54. The lowest BCUT2D eigenvalue weighted by atomic mass is 9.96. The van der Waals surface area contributed by atoms with Crippen LogP contribution in [0.4, 0.5) is 0 Å². The molecule has 0 aliphatic carbocycles. The molecule has 1 aromatic heterocycles. The highest BCUT2D eigenvalue weighted by Gasteiger charge is 2.13. The number of fused-ring (bicyclic) bond motifs is 2. The highest BCUT2D eigenvalue weighted by molar-refractivity contribution is 5.98. The van der Waals surface area contributed by atoms with Crippen molar-refractivity contribution in [2.24, 2.45) is 0 Å². The lowest BCUT2D eigenvalue weighted by Gasteiger charge is -2.12. The SMILES string of the molecule is c1ccc(-c2ccc(-c3nc(-c4ccc(-c5cccc6ccccc56)cc4)cc(-c4ccc(-c5cccc6ccccc56)cc4)n3)cc2)cc1. The van der Waals surface area contributed by atoms with Gasteiger partial charge in [0.1, 0.15) is 0 Å². The molecule has 2 nitrogen and oxygen atoms in total. The largest absolute Gasteiger partial charge is 0.228 e. The van der Waals surface area contributed by atoms with Crippen LogP contribution in [0.15, 0.2) is 194 Å². The molecular weight excluding hydrogens is 605 g/mol. The van der Waals surface area contributed by atoms with E-state index in [-0.39, 0.29) is 0 Å². The molecule has 234 valence electrons. The summed E-state index contributed by atoms with van der Waals surface area (Å²) in [4.78, 5) is 10.3. The number of aromatic nitrogens is 2. The van der Waals surface area contributed by atoms with E-state index < -0.39 is 0 Å². The van der Waals surface area contributed by atoms with Crippen LogP contribution < -0.4 is 0 Å². The second-order valence-electron chi connectivity index (χ2n) is 12.6. The molecule has 1 heterocycles. The van der Waals surface area contributed by atoms with E-state index in [1.165, 1.54) is 54.9 Å². The Bertz CT molecular complexity index is 2450. The van der Waals surface area contributed by atoms with Gasteiger partial charge < -0.3 is 0 Å². The number of nitrogens with zero attached hydrogens (tertiary/aromatic N) is 2. The molecular formula is C48H32N2. The van der Waals surface area contributed by atoms with Gasteiger partial charge in [-0.1, -0.05) is 188 Å². The topological polar surface area (TPSA) is 25.8 Å². The summed E-state index contributed by atoms with van der Waals surface area (Å²) in [6, 6.07) is 68.7. The van der Waals surface area contributed by atoms with Crippen molar-refractivity contribution in [1.82, 2.24) is 9.97 Å². The normalized spacial score (nSPS) is 11.2. The molecule has 0 atom stereocenters. The summed E-state index contributed by atoms with van der Waals surface area (Å²) in [5.74, 6) is 0.702. The first-order valence-corrected chi connectivity index (χ1v) is 17.0. The Morgan fingerprint density at radius 1 is 0.260 bits per heavy atom. The maximum Gasteiger partial charge on any atom is 0.160 e. The summed E-state index contributed by atoms with van der Waals surface area (Å²) in [7, 11) is 0. The van der Waals surface area contributed by atoms with Crippen molar-refractivity contribution in [3.8, 4) is 67.3 Å². The van der Waals surface area contributed by atoms with Crippen molar-refractivity contribution >= 4 is 21.5 Å². The molecule has 50 heavy (non-hydrogen) atoms. The van der Waals surface area contributed by atoms with Crippen LogP contribution in [0, 0.1) is 0 Å². The zero-order chi connectivity index (χ0) is 33.3. The van der Waals surface area contributed by atoms with Crippen LogP contribution >= 0.6 is 0 Å². The molecule has 0 radical (unpaired) electrons. The molecule has 0 N–H and O–H groups in total. The van der Waals surface area contributed by atoms with E-state index in [0.29, 0.717) is 5.82 Å². The molecule has 0 bridgehead atoms. The van der Waals surface area contributed by atoms with Crippen LogP contribution in [0.25, 0.3) is 88.8 Å². The molecule has 0 aliphatic heterocycles. The lowest BCUT2D eigenvalue weighted by molar-refractivity contribution is 1.18. The summed E-state index contributed by atoms with van der Waals surface area (Å²) in [6.45, 7) is 0. The van der Waals surface area contributed by atoms with Crippen LogP contribution in [-0.4, -0.2) is 9.97 Å². The first-order valence-electron chi connectivity index (χ1n) is 17.0. The number of hydrogen-bond donors (Lipinski definition) is 0. The van der Waals surface area contributed by atoms with Gasteiger partial charge in [-0.25, -0.2) is 9.97 Å². The van der Waals surface area contributed by atoms with E-state index in [1.54, 1.807) is 0 Å². The van der Waals surface area contributed by atoms with Gasteiger partial charge in [0.15, 0.2) is 5.82 Å².